The number of allylic oxidation sites excluding steroid dienone is 2. The zero-order chi connectivity index (χ0) is 19.6. The summed E-state index contributed by atoms with van der Waals surface area (Å²) in [6.07, 6.45) is 8.66. The highest BCUT2D eigenvalue weighted by Crippen LogP contribution is 2.18. The predicted molar refractivity (Wildman–Crippen MR) is 105 cm³/mol. The summed E-state index contributed by atoms with van der Waals surface area (Å²) in [5, 5.41) is 7.01. The van der Waals surface area contributed by atoms with E-state index in [1.165, 1.54) is 0 Å². The molecule has 0 spiro atoms. The first-order valence-electron chi connectivity index (χ1n) is 8.82. The van der Waals surface area contributed by atoms with Crippen LogP contribution in [0.3, 0.4) is 0 Å². The number of amides is 1. The number of hydrogen-bond acceptors (Lipinski definition) is 5. The first kappa shape index (κ1) is 18.2. The second kappa shape index (κ2) is 7.43. The SMILES string of the molecule is O=C(NCc1ccc(Cn2cccn2)cc1)C1=CC=CN2CCS(=O)(=O)N=C12. The van der Waals surface area contributed by atoms with E-state index in [-0.39, 0.29) is 23.1 Å². The summed E-state index contributed by atoms with van der Waals surface area (Å²) in [4.78, 5) is 14.3. The lowest BCUT2D eigenvalue weighted by Crippen LogP contribution is -2.42. The average Bonchev–Trinajstić information content (AvgIpc) is 3.19. The Balaban J connectivity index is 1.41. The normalized spacial score (nSPS) is 17.5. The minimum atomic E-state index is -3.53. The number of sulfonamides is 1. The van der Waals surface area contributed by atoms with Crippen molar-refractivity contribution in [3.8, 4) is 0 Å². The van der Waals surface area contributed by atoms with Gasteiger partial charge in [0.2, 0.25) is 0 Å². The van der Waals surface area contributed by atoms with Gasteiger partial charge in [-0.05, 0) is 29.3 Å². The second-order valence-corrected chi connectivity index (χ2v) is 8.27. The van der Waals surface area contributed by atoms with Crippen LogP contribution in [-0.4, -0.2) is 47.1 Å². The van der Waals surface area contributed by atoms with E-state index in [0.29, 0.717) is 19.6 Å². The topological polar surface area (TPSA) is 96.7 Å². The van der Waals surface area contributed by atoms with Crippen molar-refractivity contribution in [3.05, 3.63) is 77.8 Å². The Morgan fingerprint density at radius 3 is 2.71 bits per heavy atom. The van der Waals surface area contributed by atoms with E-state index >= 15 is 0 Å². The van der Waals surface area contributed by atoms with Crippen LogP contribution in [0.4, 0.5) is 0 Å². The second-order valence-electron chi connectivity index (χ2n) is 6.52. The number of nitrogens with zero attached hydrogens (tertiary/aromatic N) is 4. The molecule has 1 aromatic heterocycles. The summed E-state index contributed by atoms with van der Waals surface area (Å²) in [6.45, 7) is 1.31. The van der Waals surface area contributed by atoms with Crippen molar-refractivity contribution in [3.63, 3.8) is 0 Å². The molecule has 2 aliphatic heterocycles. The van der Waals surface area contributed by atoms with Gasteiger partial charge in [-0.15, -0.1) is 4.40 Å². The number of rotatable bonds is 5. The van der Waals surface area contributed by atoms with Gasteiger partial charge in [-0.2, -0.15) is 5.10 Å². The molecule has 0 atom stereocenters. The van der Waals surface area contributed by atoms with Crippen LogP contribution < -0.4 is 5.32 Å². The zero-order valence-electron chi connectivity index (χ0n) is 15.0. The maximum atomic E-state index is 12.6. The quantitative estimate of drug-likeness (QED) is 0.813. The molecule has 0 radical (unpaired) electrons. The van der Waals surface area contributed by atoms with Gasteiger partial charge in [0.25, 0.3) is 15.9 Å². The summed E-state index contributed by atoms with van der Waals surface area (Å²) in [7, 11) is -3.53. The maximum absolute atomic E-state index is 12.6. The van der Waals surface area contributed by atoms with E-state index in [0.717, 1.165) is 11.1 Å². The summed E-state index contributed by atoms with van der Waals surface area (Å²) in [6, 6.07) is 9.75. The van der Waals surface area contributed by atoms with Gasteiger partial charge in [0, 0.05) is 31.7 Å². The molecule has 3 heterocycles. The lowest BCUT2D eigenvalue weighted by atomic mass is 10.1. The highest BCUT2D eigenvalue weighted by Gasteiger charge is 2.29. The van der Waals surface area contributed by atoms with Crippen molar-refractivity contribution in [1.29, 1.82) is 0 Å². The fourth-order valence-electron chi connectivity index (χ4n) is 3.01. The Morgan fingerprint density at radius 2 is 1.96 bits per heavy atom. The first-order chi connectivity index (χ1) is 13.5. The largest absolute Gasteiger partial charge is 0.348 e. The molecule has 2 aliphatic rings. The Morgan fingerprint density at radius 1 is 1.18 bits per heavy atom. The van der Waals surface area contributed by atoms with E-state index < -0.39 is 10.0 Å². The molecule has 0 bridgehead atoms. The molecule has 28 heavy (non-hydrogen) atoms. The predicted octanol–water partition coefficient (Wildman–Crippen LogP) is 1.05. The Bertz CT molecular complexity index is 1070. The molecular formula is C19H19N5O3S. The third kappa shape index (κ3) is 4.04. The van der Waals surface area contributed by atoms with Crippen LogP contribution in [0.15, 0.2) is 71.0 Å². The summed E-state index contributed by atoms with van der Waals surface area (Å²) in [5.41, 5.74) is 2.30. The molecule has 8 nitrogen and oxygen atoms in total. The van der Waals surface area contributed by atoms with Crippen LogP contribution in [0.25, 0.3) is 0 Å². The van der Waals surface area contributed by atoms with E-state index in [1.54, 1.807) is 29.4 Å². The fraction of sp³-hybridized carbons (Fsp3) is 0.211. The average molecular weight is 397 g/mol. The summed E-state index contributed by atoms with van der Waals surface area (Å²) >= 11 is 0. The molecule has 1 amide bonds. The monoisotopic (exact) mass is 397 g/mol. The molecule has 0 fully saturated rings. The van der Waals surface area contributed by atoms with Gasteiger partial charge in [-0.3, -0.25) is 9.48 Å². The van der Waals surface area contributed by atoms with Crippen molar-refractivity contribution in [2.45, 2.75) is 13.1 Å². The van der Waals surface area contributed by atoms with Crippen LogP contribution in [0, 0.1) is 0 Å². The minimum absolute atomic E-state index is 0.0549. The standard InChI is InChI=1S/C19H19N5O3S/c25-19(17-3-1-9-23-11-12-28(26,27)22-18(17)23)20-13-15-4-6-16(7-5-15)14-24-10-2-8-21-24/h1-10H,11-14H2,(H,20,25). The van der Waals surface area contributed by atoms with Gasteiger partial charge >= 0.3 is 0 Å². The molecule has 0 aliphatic carbocycles. The first-order valence-corrected chi connectivity index (χ1v) is 10.4. The molecule has 1 N–H and O–H groups in total. The zero-order valence-corrected chi connectivity index (χ0v) is 15.8. The Hall–Kier alpha value is -3.20. The van der Waals surface area contributed by atoms with Crippen molar-refractivity contribution >= 4 is 21.8 Å². The number of aromatic nitrogens is 2. The fourth-order valence-corrected chi connectivity index (χ4v) is 4.00. The van der Waals surface area contributed by atoms with Gasteiger partial charge in [-0.25, -0.2) is 8.42 Å². The lowest BCUT2D eigenvalue weighted by Gasteiger charge is -2.28. The molecule has 1 aromatic carbocycles. The van der Waals surface area contributed by atoms with E-state index in [1.807, 2.05) is 41.2 Å². The molecular weight excluding hydrogens is 378 g/mol. The highest BCUT2D eigenvalue weighted by atomic mass is 32.2. The number of carbonyl (C=O) groups excluding carboxylic acids is 1. The summed E-state index contributed by atoms with van der Waals surface area (Å²) < 4.78 is 29.2. The molecule has 0 unspecified atom stereocenters. The number of carbonyl (C=O) groups is 1. The number of fused-ring (bicyclic) bond motifs is 1. The van der Waals surface area contributed by atoms with Gasteiger partial charge in [0.15, 0.2) is 5.84 Å². The van der Waals surface area contributed by atoms with Crippen molar-refractivity contribution in [1.82, 2.24) is 20.0 Å². The van der Waals surface area contributed by atoms with Crippen molar-refractivity contribution in [2.75, 3.05) is 12.3 Å². The molecule has 0 saturated carbocycles. The molecule has 2 aromatic rings. The van der Waals surface area contributed by atoms with Gasteiger partial charge in [0.1, 0.15) is 0 Å². The van der Waals surface area contributed by atoms with Gasteiger partial charge in [0.05, 0.1) is 17.9 Å². The van der Waals surface area contributed by atoms with Crippen LogP contribution >= 0.6 is 0 Å². The molecule has 0 saturated heterocycles. The highest BCUT2D eigenvalue weighted by molar-refractivity contribution is 7.90. The molecule has 4 rings (SSSR count). The molecule has 9 heteroatoms. The van der Waals surface area contributed by atoms with E-state index in [4.69, 9.17) is 0 Å². The number of hydrogen-bond donors (Lipinski definition) is 1. The van der Waals surface area contributed by atoms with Gasteiger partial charge < -0.3 is 10.2 Å². The van der Waals surface area contributed by atoms with Crippen LogP contribution in [0.1, 0.15) is 11.1 Å². The van der Waals surface area contributed by atoms with Gasteiger partial charge in [-0.1, -0.05) is 24.3 Å². The van der Waals surface area contributed by atoms with Crippen molar-refractivity contribution < 1.29 is 13.2 Å². The minimum Gasteiger partial charge on any atom is -0.348 e. The third-order valence-electron chi connectivity index (χ3n) is 4.48. The number of benzene rings is 1. The number of amidine groups is 1. The van der Waals surface area contributed by atoms with Crippen LogP contribution in [0.5, 0.6) is 0 Å². The Kier molecular flexibility index (Phi) is 4.82. The number of nitrogens with one attached hydrogen (secondary N) is 1. The van der Waals surface area contributed by atoms with E-state index in [2.05, 4.69) is 14.8 Å². The van der Waals surface area contributed by atoms with E-state index in [9.17, 15) is 13.2 Å². The van der Waals surface area contributed by atoms with Crippen LogP contribution in [0.2, 0.25) is 0 Å². The maximum Gasteiger partial charge on any atom is 0.256 e. The Labute approximate surface area is 162 Å². The lowest BCUT2D eigenvalue weighted by molar-refractivity contribution is -0.117. The molecule has 144 valence electrons. The summed E-state index contributed by atoms with van der Waals surface area (Å²) in [5.74, 6) is -0.229. The van der Waals surface area contributed by atoms with Crippen molar-refractivity contribution in [2.24, 2.45) is 4.40 Å². The third-order valence-corrected chi connectivity index (χ3v) is 5.63. The van der Waals surface area contributed by atoms with Crippen LogP contribution in [-0.2, 0) is 27.9 Å². The smallest absolute Gasteiger partial charge is 0.256 e.